The molecular formula is C12H22N2O3. The number of nitrogens with zero attached hydrogens (tertiary/aromatic N) is 1. The van der Waals surface area contributed by atoms with Gasteiger partial charge in [0.2, 0.25) is 11.8 Å². The zero-order valence-corrected chi connectivity index (χ0v) is 11.2. The molecule has 1 heterocycles. The molecule has 0 bridgehead atoms. The van der Waals surface area contributed by atoms with Gasteiger partial charge in [0.15, 0.2) is 0 Å². The Bertz CT molecular complexity index is 313. The minimum Gasteiger partial charge on any atom is -0.382 e. The number of carbonyl (C=O) groups is 2. The molecule has 0 radical (unpaired) electrons. The van der Waals surface area contributed by atoms with Crippen molar-refractivity contribution in [3.63, 3.8) is 0 Å². The Labute approximate surface area is 102 Å². The van der Waals surface area contributed by atoms with Gasteiger partial charge in [-0.2, -0.15) is 0 Å². The molecule has 5 heteroatoms. The molecule has 1 saturated heterocycles. The molecule has 1 unspecified atom stereocenters. The van der Waals surface area contributed by atoms with Gasteiger partial charge in [-0.3, -0.25) is 9.59 Å². The summed E-state index contributed by atoms with van der Waals surface area (Å²) in [6, 6.07) is -0.424. The van der Waals surface area contributed by atoms with Gasteiger partial charge < -0.3 is 15.0 Å². The molecular weight excluding hydrogens is 220 g/mol. The van der Waals surface area contributed by atoms with Crippen molar-refractivity contribution >= 4 is 11.8 Å². The third kappa shape index (κ3) is 2.97. The van der Waals surface area contributed by atoms with Gasteiger partial charge in [0.1, 0.15) is 12.6 Å². The zero-order chi connectivity index (χ0) is 13.2. The van der Waals surface area contributed by atoms with E-state index < -0.39 is 11.6 Å². The van der Waals surface area contributed by atoms with Gasteiger partial charge in [0.25, 0.3) is 0 Å². The monoisotopic (exact) mass is 242 g/mol. The standard InChI is InChI=1S/C12H22N2O3/c1-8(2)10-11(16)14(6-9(15)13-10)12(3,4)7-17-5/h8,10H,6-7H2,1-5H3,(H,13,15). The number of ether oxygens (including phenoxy) is 1. The van der Waals surface area contributed by atoms with Gasteiger partial charge in [0.05, 0.1) is 12.1 Å². The Balaban J connectivity index is 2.91. The fourth-order valence-corrected chi connectivity index (χ4v) is 2.07. The molecule has 1 atom stereocenters. The van der Waals surface area contributed by atoms with Crippen LogP contribution in [0.4, 0.5) is 0 Å². The van der Waals surface area contributed by atoms with Gasteiger partial charge >= 0.3 is 0 Å². The minimum atomic E-state index is -0.462. The van der Waals surface area contributed by atoms with Crippen molar-refractivity contribution in [2.75, 3.05) is 20.3 Å². The molecule has 0 spiro atoms. The van der Waals surface area contributed by atoms with Crippen molar-refractivity contribution in [2.24, 2.45) is 5.92 Å². The molecule has 1 aliphatic heterocycles. The Kier molecular flexibility index (Phi) is 4.14. The van der Waals surface area contributed by atoms with E-state index in [4.69, 9.17) is 4.74 Å². The van der Waals surface area contributed by atoms with Crippen LogP contribution in [0.5, 0.6) is 0 Å². The fourth-order valence-electron chi connectivity index (χ4n) is 2.07. The zero-order valence-electron chi connectivity index (χ0n) is 11.2. The van der Waals surface area contributed by atoms with Crippen LogP contribution in [0, 0.1) is 5.92 Å². The molecule has 1 aliphatic rings. The van der Waals surface area contributed by atoms with E-state index in [1.54, 1.807) is 12.0 Å². The summed E-state index contributed by atoms with van der Waals surface area (Å²) in [4.78, 5) is 25.5. The Hall–Kier alpha value is -1.10. The van der Waals surface area contributed by atoms with Gasteiger partial charge in [-0.05, 0) is 19.8 Å². The lowest BCUT2D eigenvalue weighted by molar-refractivity contribution is -0.152. The Morgan fingerprint density at radius 2 is 2.06 bits per heavy atom. The van der Waals surface area contributed by atoms with Crippen LogP contribution in [0.15, 0.2) is 0 Å². The Morgan fingerprint density at radius 1 is 1.47 bits per heavy atom. The maximum atomic E-state index is 12.3. The first-order valence-electron chi connectivity index (χ1n) is 5.89. The lowest BCUT2D eigenvalue weighted by atomic mass is 9.95. The second-order valence-corrected chi connectivity index (χ2v) is 5.46. The van der Waals surface area contributed by atoms with E-state index in [9.17, 15) is 9.59 Å². The first kappa shape index (κ1) is 14.0. The number of amides is 2. The van der Waals surface area contributed by atoms with Crippen molar-refractivity contribution in [3.05, 3.63) is 0 Å². The fraction of sp³-hybridized carbons (Fsp3) is 0.833. The van der Waals surface area contributed by atoms with Crippen molar-refractivity contribution in [1.29, 1.82) is 0 Å². The molecule has 0 aromatic heterocycles. The smallest absolute Gasteiger partial charge is 0.246 e. The van der Waals surface area contributed by atoms with Gasteiger partial charge in [0, 0.05) is 7.11 Å². The molecule has 0 aromatic carbocycles. The number of carbonyl (C=O) groups excluding carboxylic acids is 2. The summed E-state index contributed by atoms with van der Waals surface area (Å²) in [5.74, 6) is -0.0401. The lowest BCUT2D eigenvalue weighted by Crippen LogP contribution is -2.65. The quantitative estimate of drug-likeness (QED) is 0.776. The van der Waals surface area contributed by atoms with Crippen LogP contribution < -0.4 is 5.32 Å². The van der Waals surface area contributed by atoms with E-state index in [0.29, 0.717) is 6.61 Å². The molecule has 5 nitrogen and oxygen atoms in total. The lowest BCUT2D eigenvalue weighted by Gasteiger charge is -2.43. The topological polar surface area (TPSA) is 58.6 Å². The highest BCUT2D eigenvalue weighted by Crippen LogP contribution is 2.20. The molecule has 2 amide bonds. The van der Waals surface area contributed by atoms with Gasteiger partial charge in [-0.15, -0.1) is 0 Å². The van der Waals surface area contributed by atoms with E-state index in [2.05, 4.69) is 5.32 Å². The van der Waals surface area contributed by atoms with Crippen LogP contribution in [-0.2, 0) is 14.3 Å². The summed E-state index contributed by atoms with van der Waals surface area (Å²) in [5.41, 5.74) is -0.462. The predicted octanol–water partition coefficient (Wildman–Crippen LogP) is 0.394. The van der Waals surface area contributed by atoms with Crippen molar-refractivity contribution in [2.45, 2.75) is 39.3 Å². The highest BCUT2D eigenvalue weighted by Gasteiger charge is 2.41. The van der Waals surface area contributed by atoms with Crippen molar-refractivity contribution in [1.82, 2.24) is 10.2 Å². The van der Waals surface area contributed by atoms with Crippen LogP contribution in [0.1, 0.15) is 27.7 Å². The van der Waals surface area contributed by atoms with Crippen LogP contribution in [0.3, 0.4) is 0 Å². The number of hydrogen-bond donors (Lipinski definition) is 1. The highest BCUT2D eigenvalue weighted by atomic mass is 16.5. The summed E-state index contributed by atoms with van der Waals surface area (Å²) in [6.45, 7) is 8.19. The van der Waals surface area contributed by atoms with Crippen molar-refractivity contribution < 1.29 is 14.3 Å². The summed E-state index contributed by atoms with van der Waals surface area (Å²) in [7, 11) is 1.59. The molecule has 0 saturated carbocycles. The minimum absolute atomic E-state index is 0.0262. The number of rotatable bonds is 4. The largest absolute Gasteiger partial charge is 0.382 e. The van der Waals surface area contributed by atoms with E-state index >= 15 is 0 Å². The van der Waals surface area contributed by atoms with E-state index in [-0.39, 0.29) is 24.3 Å². The number of piperazine rings is 1. The maximum Gasteiger partial charge on any atom is 0.246 e. The third-order valence-corrected chi connectivity index (χ3v) is 3.05. The number of nitrogens with one attached hydrogen (secondary N) is 1. The van der Waals surface area contributed by atoms with Gasteiger partial charge in [-0.1, -0.05) is 13.8 Å². The van der Waals surface area contributed by atoms with E-state index in [0.717, 1.165) is 0 Å². The molecule has 0 aliphatic carbocycles. The molecule has 0 aromatic rings. The summed E-state index contributed by atoms with van der Waals surface area (Å²) in [5, 5.41) is 2.74. The van der Waals surface area contributed by atoms with Crippen molar-refractivity contribution in [3.8, 4) is 0 Å². The second kappa shape index (κ2) is 5.04. The van der Waals surface area contributed by atoms with Crippen LogP contribution in [-0.4, -0.2) is 48.6 Å². The summed E-state index contributed by atoms with van der Waals surface area (Å²) < 4.78 is 5.11. The molecule has 98 valence electrons. The van der Waals surface area contributed by atoms with E-state index in [1.807, 2.05) is 27.7 Å². The molecule has 17 heavy (non-hydrogen) atoms. The first-order chi connectivity index (χ1) is 7.79. The predicted molar refractivity (Wildman–Crippen MR) is 64.4 cm³/mol. The average Bonchev–Trinajstić information content (AvgIpc) is 2.20. The number of methoxy groups -OCH3 is 1. The molecule has 1 rings (SSSR count). The highest BCUT2D eigenvalue weighted by molar-refractivity contribution is 5.95. The van der Waals surface area contributed by atoms with Crippen LogP contribution >= 0.6 is 0 Å². The average molecular weight is 242 g/mol. The number of hydrogen-bond acceptors (Lipinski definition) is 3. The normalized spacial score (nSPS) is 22.0. The first-order valence-corrected chi connectivity index (χ1v) is 5.89. The summed E-state index contributed by atoms with van der Waals surface area (Å²) in [6.07, 6.45) is 0. The SMILES string of the molecule is COCC(C)(C)N1CC(=O)NC(C(C)C)C1=O. The maximum absolute atomic E-state index is 12.3. The molecule has 1 N–H and O–H groups in total. The van der Waals surface area contributed by atoms with Crippen LogP contribution in [0.25, 0.3) is 0 Å². The van der Waals surface area contributed by atoms with E-state index in [1.165, 1.54) is 0 Å². The summed E-state index contributed by atoms with van der Waals surface area (Å²) >= 11 is 0. The second-order valence-electron chi connectivity index (χ2n) is 5.46. The van der Waals surface area contributed by atoms with Crippen LogP contribution in [0.2, 0.25) is 0 Å². The third-order valence-electron chi connectivity index (χ3n) is 3.05. The Morgan fingerprint density at radius 3 is 2.53 bits per heavy atom. The van der Waals surface area contributed by atoms with Gasteiger partial charge in [-0.25, -0.2) is 0 Å². The molecule has 1 fully saturated rings.